The summed E-state index contributed by atoms with van der Waals surface area (Å²) in [6.45, 7) is 0. The van der Waals surface area contributed by atoms with E-state index in [-0.39, 0.29) is 39.4 Å². The summed E-state index contributed by atoms with van der Waals surface area (Å²) < 4.78 is 0. The Labute approximate surface area is 110 Å². The van der Waals surface area contributed by atoms with Gasteiger partial charge in [0.1, 0.15) is 5.60 Å². The van der Waals surface area contributed by atoms with Gasteiger partial charge in [0.25, 0.3) is 0 Å². The van der Waals surface area contributed by atoms with E-state index in [9.17, 15) is 29.7 Å². The Bertz CT molecular complexity index is 238. The fraction of sp³-hybridized carbons (Fsp3) is 0.500. The van der Waals surface area contributed by atoms with Crippen LogP contribution in [0.15, 0.2) is 0 Å². The maximum atomic E-state index is 10.1. The van der Waals surface area contributed by atoms with E-state index in [1.54, 1.807) is 0 Å². The van der Waals surface area contributed by atoms with Crippen molar-refractivity contribution in [2.75, 3.05) is 0 Å². The van der Waals surface area contributed by atoms with Crippen molar-refractivity contribution in [2.45, 2.75) is 18.4 Å². The van der Waals surface area contributed by atoms with Crippen molar-refractivity contribution in [2.24, 2.45) is 0 Å². The van der Waals surface area contributed by atoms with Gasteiger partial charge in [-0.15, -0.1) is 0 Å². The second-order valence-corrected chi connectivity index (χ2v) is 2.42. The monoisotopic (exact) mass is 359 g/mol. The van der Waals surface area contributed by atoms with Crippen LogP contribution in [0.1, 0.15) is 12.8 Å². The number of carbonyl (C=O) groups excluding carboxylic acids is 3. The van der Waals surface area contributed by atoms with E-state index in [4.69, 9.17) is 5.11 Å². The van der Waals surface area contributed by atoms with Gasteiger partial charge in [0.05, 0.1) is 5.97 Å². The molecule has 0 rings (SSSR count). The molecule has 1 radical (unpaired) electrons. The second-order valence-electron chi connectivity index (χ2n) is 2.42. The van der Waals surface area contributed by atoms with Crippen LogP contribution >= 0.6 is 0 Å². The van der Waals surface area contributed by atoms with Gasteiger partial charge in [0.15, 0.2) is 0 Å². The normalized spacial score (nSPS) is 9.40. The number of carboxylic acid groups (broad SMARTS) is 3. The van der Waals surface area contributed by atoms with E-state index in [0.29, 0.717) is 0 Å². The summed E-state index contributed by atoms with van der Waals surface area (Å²) >= 11 is 0. The minimum atomic E-state index is -2.97. The zero-order valence-electron chi connectivity index (χ0n) is 6.91. The van der Waals surface area contributed by atoms with Crippen LogP contribution in [0.3, 0.4) is 0 Å². The first-order valence-corrected chi connectivity index (χ1v) is 3.11. The van der Waals surface area contributed by atoms with Crippen LogP contribution in [0.5, 0.6) is 0 Å². The molecule has 15 heavy (non-hydrogen) atoms. The minimum Gasteiger partial charge on any atom is -0.550 e. The molecule has 0 heterocycles. The van der Waals surface area contributed by atoms with Crippen LogP contribution in [-0.4, -0.2) is 28.6 Å². The largest absolute Gasteiger partial charge is 2.00 e. The first kappa shape index (κ1) is 20.1. The summed E-state index contributed by atoms with van der Waals surface area (Å²) in [6, 6.07) is 0. The van der Waals surface area contributed by atoms with E-state index < -0.39 is 36.4 Å². The second kappa shape index (κ2) is 7.86. The number of hydrogen-bond donors (Lipinski definition) is 1. The van der Waals surface area contributed by atoms with Gasteiger partial charge in [-0.3, -0.25) is 0 Å². The predicted molar refractivity (Wildman–Crippen MR) is 29.2 cm³/mol. The van der Waals surface area contributed by atoms with Gasteiger partial charge in [0.2, 0.25) is 0 Å². The van der Waals surface area contributed by atoms with Gasteiger partial charge in [-0.05, 0) is 0 Å². The Kier molecular flexibility index (Phi) is 10.5. The molecular formula is C6H5AgCuO7. The molecule has 93 valence electrons. The summed E-state index contributed by atoms with van der Waals surface area (Å²) in [5.41, 5.74) is -2.97. The maximum Gasteiger partial charge on any atom is 2.00 e. The number of aliphatic carboxylic acids is 3. The van der Waals surface area contributed by atoms with Crippen molar-refractivity contribution in [1.29, 1.82) is 0 Å². The number of rotatable bonds is 5. The van der Waals surface area contributed by atoms with Crippen LogP contribution in [0.4, 0.5) is 0 Å². The third kappa shape index (κ3) is 7.55. The molecule has 0 amide bonds. The predicted octanol–water partition coefficient (Wildman–Crippen LogP) is -5.26. The summed E-state index contributed by atoms with van der Waals surface area (Å²) in [6.07, 6.45) is -2.72. The maximum absolute atomic E-state index is 10.1. The number of hydrogen-bond acceptors (Lipinski definition) is 7. The van der Waals surface area contributed by atoms with Crippen LogP contribution in [0.25, 0.3) is 0 Å². The van der Waals surface area contributed by atoms with Crippen LogP contribution < -0.4 is 15.3 Å². The molecule has 0 aromatic carbocycles. The molecule has 0 bridgehead atoms. The van der Waals surface area contributed by atoms with Gasteiger partial charge < -0.3 is 34.8 Å². The third-order valence-corrected chi connectivity index (χ3v) is 1.25. The number of aliphatic hydroxyl groups is 1. The van der Waals surface area contributed by atoms with Crippen molar-refractivity contribution in [1.82, 2.24) is 0 Å². The Hall–Kier alpha value is -0.370. The molecule has 0 aliphatic carbocycles. The van der Waals surface area contributed by atoms with Gasteiger partial charge in [-0.2, -0.15) is 0 Å². The van der Waals surface area contributed by atoms with Gasteiger partial charge in [-0.1, -0.05) is 0 Å². The molecule has 0 spiro atoms. The van der Waals surface area contributed by atoms with Crippen molar-refractivity contribution in [3.8, 4) is 0 Å². The fourth-order valence-electron chi connectivity index (χ4n) is 0.684. The smallest absolute Gasteiger partial charge is 0.550 e. The molecule has 9 heteroatoms. The molecular weight excluding hydrogens is 355 g/mol. The molecule has 0 atom stereocenters. The minimum absolute atomic E-state index is 0. The Morgan fingerprint density at radius 3 is 1.40 bits per heavy atom. The van der Waals surface area contributed by atoms with Gasteiger partial charge in [0, 0.05) is 24.8 Å². The zero-order valence-corrected chi connectivity index (χ0v) is 9.34. The summed E-state index contributed by atoms with van der Waals surface area (Å²) in [7, 11) is 0. The quantitative estimate of drug-likeness (QED) is 0.483. The van der Waals surface area contributed by atoms with E-state index in [0.717, 1.165) is 0 Å². The van der Waals surface area contributed by atoms with Crippen LogP contribution in [0, 0.1) is 0 Å². The standard InChI is InChI=1S/C6H8O7.Ag.Cu/c7-3(8)1-6(13,5(11)12)2-4(9)10;;/h13H,1-2H2,(H,7,8)(H,9,10)(H,11,12);;/q;+1;+2/p-3. The Morgan fingerprint density at radius 2 is 1.27 bits per heavy atom. The van der Waals surface area contributed by atoms with Crippen LogP contribution in [-0.2, 0) is 53.8 Å². The third-order valence-electron chi connectivity index (χ3n) is 1.25. The van der Waals surface area contributed by atoms with Crippen molar-refractivity contribution < 1.29 is 74.3 Å². The molecule has 7 nitrogen and oxygen atoms in total. The van der Waals surface area contributed by atoms with E-state index >= 15 is 0 Å². The van der Waals surface area contributed by atoms with Gasteiger partial charge >= 0.3 is 39.4 Å². The Balaban J connectivity index is -0.000000720. The van der Waals surface area contributed by atoms with E-state index in [1.807, 2.05) is 0 Å². The molecule has 0 aromatic heterocycles. The number of carboxylic acids is 3. The fourth-order valence-corrected chi connectivity index (χ4v) is 0.684. The molecule has 0 aliphatic rings. The first-order valence-electron chi connectivity index (χ1n) is 3.11. The average Bonchev–Trinajstić information content (AvgIpc) is 1.82. The molecule has 0 fully saturated rings. The van der Waals surface area contributed by atoms with Gasteiger partial charge in [-0.25, -0.2) is 0 Å². The van der Waals surface area contributed by atoms with Crippen molar-refractivity contribution >= 4 is 17.9 Å². The molecule has 0 saturated carbocycles. The van der Waals surface area contributed by atoms with Crippen molar-refractivity contribution in [3.05, 3.63) is 0 Å². The number of carbonyl (C=O) groups is 3. The molecule has 0 unspecified atom stereocenters. The molecule has 1 N–H and O–H groups in total. The van der Waals surface area contributed by atoms with E-state index in [2.05, 4.69) is 0 Å². The summed E-state index contributed by atoms with van der Waals surface area (Å²) in [5.74, 6) is -5.98. The molecule has 0 saturated heterocycles. The van der Waals surface area contributed by atoms with Crippen LogP contribution in [0.2, 0.25) is 0 Å². The molecule has 0 aliphatic heterocycles. The zero-order chi connectivity index (χ0) is 10.6. The SMILES string of the molecule is O=C([O-])CC(O)(CC(=O)[O-])C(=O)[O-].[Ag+].[Cu+2]. The first-order chi connectivity index (χ1) is 5.78. The summed E-state index contributed by atoms with van der Waals surface area (Å²) in [5, 5.41) is 38.9. The Morgan fingerprint density at radius 1 is 1.00 bits per heavy atom. The average molecular weight is 361 g/mol. The summed E-state index contributed by atoms with van der Waals surface area (Å²) in [4.78, 5) is 30.0. The van der Waals surface area contributed by atoms with E-state index in [1.165, 1.54) is 0 Å². The van der Waals surface area contributed by atoms with Crippen molar-refractivity contribution in [3.63, 3.8) is 0 Å². The molecule has 0 aromatic rings. The topological polar surface area (TPSA) is 141 Å².